The van der Waals surface area contributed by atoms with Crippen LogP contribution in [0.5, 0.6) is 0 Å². The van der Waals surface area contributed by atoms with E-state index in [4.69, 9.17) is 18.5 Å². The van der Waals surface area contributed by atoms with Crippen LogP contribution in [0.25, 0.3) is 0 Å². The third-order valence-electron chi connectivity index (χ3n) is 16.8. The lowest BCUT2D eigenvalue weighted by Gasteiger charge is -2.28. The molecule has 10 heteroatoms. The van der Waals surface area contributed by atoms with Crippen LogP contribution in [0.1, 0.15) is 348 Å². The number of carbonyl (C=O) groups excluding carboxylic acids is 2. The number of carbonyl (C=O) groups is 2. The Hall–Kier alpha value is -3.33. The second kappa shape index (κ2) is 72.0. The van der Waals surface area contributed by atoms with Gasteiger partial charge in [0, 0.05) is 12.8 Å². The first-order chi connectivity index (χ1) is 45.0. The molecule has 0 aliphatic heterocycles. The van der Waals surface area contributed by atoms with Crippen molar-refractivity contribution in [1.29, 1.82) is 0 Å². The van der Waals surface area contributed by atoms with Gasteiger partial charge in [0.05, 0.1) is 27.7 Å². The van der Waals surface area contributed by atoms with E-state index in [0.717, 1.165) is 103 Å². The van der Waals surface area contributed by atoms with Gasteiger partial charge >= 0.3 is 11.9 Å². The van der Waals surface area contributed by atoms with Gasteiger partial charge in [-0.15, -0.1) is 0 Å². The summed E-state index contributed by atoms with van der Waals surface area (Å²) >= 11 is 0. The third kappa shape index (κ3) is 75.7. The van der Waals surface area contributed by atoms with Gasteiger partial charge in [0.25, 0.3) is 7.82 Å². The van der Waals surface area contributed by atoms with Crippen molar-refractivity contribution in [2.75, 3.05) is 47.5 Å². The minimum Gasteiger partial charge on any atom is -0.756 e. The quantitative estimate of drug-likeness (QED) is 0.0195. The van der Waals surface area contributed by atoms with Crippen LogP contribution < -0.4 is 4.89 Å². The van der Waals surface area contributed by atoms with Crippen LogP contribution in [-0.4, -0.2) is 70.0 Å². The summed E-state index contributed by atoms with van der Waals surface area (Å²) in [7, 11) is 1.17. The third-order valence-corrected chi connectivity index (χ3v) is 17.8. The second-order valence-electron chi connectivity index (χ2n) is 27.0. The van der Waals surface area contributed by atoms with E-state index >= 15 is 0 Å². The molecule has 2 atom stereocenters. The highest BCUT2D eigenvalue weighted by atomic mass is 31.2. The molecule has 0 aliphatic carbocycles. The molecule has 0 rings (SSSR count). The number of quaternary nitrogens is 1. The summed E-state index contributed by atoms with van der Waals surface area (Å²) in [6.07, 6.45) is 102. The fourth-order valence-electron chi connectivity index (χ4n) is 11.0. The average molecular weight is 1310 g/mol. The Morgan fingerprint density at radius 3 is 0.870 bits per heavy atom. The Kier molecular flexibility index (Phi) is 69.3. The number of unbranched alkanes of at least 4 members (excludes halogenated alkanes) is 39. The monoisotopic (exact) mass is 1300 g/mol. The van der Waals surface area contributed by atoms with Crippen LogP contribution in [-0.2, 0) is 32.7 Å². The molecule has 92 heavy (non-hydrogen) atoms. The largest absolute Gasteiger partial charge is 0.756 e. The van der Waals surface area contributed by atoms with Crippen LogP contribution in [0.3, 0.4) is 0 Å². The summed E-state index contributed by atoms with van der Waals surface area (Å²) < 4.78 is 34.4. The van der Waals surface area contributed by atoms with Crippen LogP contribution in [0.15, 0.2) is 109 Å². The lowest BCUT2D eigenvalue weighted by molar-refractivity contribution is -0.870. The highest BCUT2D eigenvalue weighted by molar-refractivity contribution is 7.45. The molecule has 0 N–H and O–H groups in total. The topological polar surface area (TPSA) is 111 Å². The lowest BCUT2D eigenvalue weighted by atomic mass is 10.0. The van der Waals surface area contributed by atoms with Gasteiger partial charge in [0.2, 0.25) is 0 Å². The van der Waals surface area contributed by atoms with Crippen molar-refractivity contribution in [3.8, 4) is 0 Å². The highest BCUT2D eigenvalue weighted by Gasteiger charge is 2.22. The van der Waals surface area contributed by atoms with Gasteiger partial charge in [-0.25, -0.2) is 0 Å². The minimum atomic E-state index is -4.65. The zero-order valence-corrected chi connectivity index (χ0v) is 61.6. The van der Waals surface area contributed by atoms with Crippen molar-refractivity contribution in [3.05, 3.63) is 109 Å². The van der Waals surface area contributed by atoms with Crippen LogP contribution in [0.4, 0.5) is 0 Å². The number of hydrogen-bond donors (Lipinski definition) is 0. The molecule has 0 radical (unpaired) electrons. The summed E-state index contributed by atoms with van der Waals surface area (Å²) in [5, 5.41) is 0. The van der Waals surface area contributed by atoms with Gasteiger partial charge in [-0.3, -0.25) is 14.2 Å². The number of ether oxygens (including phenoxy) is 2. The summed E-state index contributed by atoms with van der Waals surface area (Å²) in [6.45, 7) is 4.05. The van der Waals surface area contributed by atoms with E-state index in [1.54, 1.807) is 0 Å². The molecule has 0 fully saturated rings. The number of likely N-dealkylation sites (N-methyl/N-ethyl adjacent to an activating group) is 1. The average Bonchev–Trinajstić information content (AvgIpc) is 2.14. The first kappa shape index (κ1) is 88.7. The maximum absolute atomic E-state index is 12.9. The van der Waals surface area contributed by atoms with Gasteiger partial charge in [0.1, 0.15) is 19.8 Å². The SMILES string of the molecule is CC/C=C\C/C=C\C/C=C\C/C=C\C/C=C\CCCCCCCCCCCCCC(=O)OC(COC(=O)CCCCCCCCCCCCCCCCCCCCCCCCCCCCCC/C=C\C/C=C\C/C=C\C/C=C\CC)COP(=O)([O-])OCC[N+](C)(C)C. The minimum absolute atomic E-state index is 0.0332. The van der Waals surface area contributed by atoms with Gasteiger partial charge in [-0.05, 0) is 96.3 Å². The van der Waals surface area contributed by atoms with E-state index in [0.29, 0.717) is 17.4 Å². The van der Waals surface area contributed by atoms with Crippen LogP contribution in [0, 0.1) is 0 Å². The number of phosphoric acid groups is 1. The Balaban J connectivity index is 3.92. The molecule has 0 aromatic rings. The summed E-state index contributed by atoms with van der Waals surface area (Å²) in [6, 6.07) is 0. The van der Waals surface area contributed by atoms with Gasteiger partial charge in [-0.2, -0.15) is 0 Å². The number of nitrogens with zero attached hydrogens (tertiary/aromatic N) is 1. The van der Waals surface area contributed by atoms with Crippen LogP contribution in [0.2, 0.25) is 0 Å². The van der Waals surface area contributed by atoms with Crippen molar-refractivity contribution in [1.82, 2.24) is 0 Å². The van der Waals surface area contributed by atoms with E-state index in [2.05, 4.69) is 123 Å². The number of allylic oxidation sites excluding steroid dienone is 18. The van der Waals surface area contributed by atoms with E-state index in [9.17, 15) is 19.0 Å². The van der Waals surface area contributed by atoms with Crippen molar-refractivity contribution in [2.24, 2.45) is 0 Å². The Morgan fingerprint density at radius 1 is 0.337 bits per heavy atom. The summed E-state index contributed by atoms with van der Waals surface area (Å²) in [5.41, 5.74) is 0. The van der Waals surface area contributed by atoms with E-state index in [1.165, 1.54) is 212 Å². The molecule has 0 aromatic carbocycles. The molecule has 0 saturated heterocycles. The fraction of sp³-hybridized carbons (Fsp3) is 0.756. The van der Waals surface area contributed by atoms with E-state index < -0.39 is 26.5 Å². The fourth-order valence-corrected chi connectivity index (χ4v) is 11.7. The normalized spacial score (nSPS) is 13.7. The van der Waals surface area contributed by atoms with E-state index in [-0.39, 0.29) is 32.0 Å². The molecule has 0 spiro atoms. The molecule has 2 unspecified atom stereocenters. The first-order valence-corrected chi connectivity index (χ1v) is 40.1. The maximum Gasteiger partial charge on any atom is 0.306 e. The second-order valence-corrected chi connectivity index (χ2v) is 28.4. The molecule has 0 saturated carbocycles. The predicted molar refractivity (Wildman–Crippen MR) is 397 cm³/mol. The molecular weight excluding hydrogens is 1160 g/mol. The molecule has 532 valence electrons. The van der Waals surface area contributed by atoms with Crippen molar-refractivity contribution in [2.45, 2.75) is 354 Å². The van der Waals surface area contributed by atoms with Gasteiger partial charge < -0.3 is 27.9 Å². The number of rotatable bonds is 71. The summed E-state index contributed by atoms with van der Waals surface area (Å²) in [4.78, 5) is 38.1. The zero-order chi connectivity index (χ0) is 66.9. The molecule has 9 nitrogen and oxygen atoms in total. The van der Waals surface area contributed by atoms with Gasteiger partial charge in [0.15, 0.2) is 6.10 Å². The Morgan fingerprint density at radius 2 is 0.587 bits per heavy atom. The standard InChI is InChI=1S/C82H146NO8P/c1-6-8-10-12-14-16-18-20-22-24-26-28-30-32-34-35-36-37-38-39-40-41-42-43-44-45-46-47-49-50-52-54-56-58-60-62-64-66-68-70-72-74-81(84)88-78-80(79-90-92(86,87)89-77-76-83(3,4)5)91-82(85)75-73-71-69-67-65-63-61-59-57-55-53-51-48-33-31-29-27-25-23-21-19-17-15-13-11-9-7-2/h8-11,14-17,20-23,26-29,33,48,80H,6-7,12-13,18-19,24-25,30-32,34-47,49-79H2,1-5H3/b10-8-,11-9-,16-14-,17-15-,22-20-,23-21-,28-26-,29-27-,48-33-. The number of phosphoric ester groups is 1. The molecule has 0 amide bonds. The van der Waals surface area contributed by atoms with Gasteiger partial charge in [-0.1, -0.05) is 348 Å². The smallest absolute Gasteiger partial charge is 0.306 e. The molecule has 0 bridgehead atoms. The molecule has 0 aliphatic rings. The zero-order valence-electron chi connectivity index (χ0n) is 60.7. The molecule has 0 heterocycles. The Labute approximate surface area is 569 Å². The highest BCUT2D eigenvalue weighted by Crippen LogP contribution is 2.38. The van der Waals surface area contributed by atoms with Crippen molar-refractivity contribution >= 4 is 19.8 Å². The molecular formula is C82H146NO8P. The molecule has 0 aromatic heterocycles. The lowest BCUT2D eigenvalue weighted by Crippen LogP contribution is -2.37. The predicted octanol–water partition coefficient (Wildman–Crippen LogP) is 25.0. The first-order valence-electron chi connectivity index (χ1n) is 38.6. The maximum atomic E-state index is 12.9. The van der Waals surface area contributed by atoms with Crippen molar-refractivity contribution < 1.29 is 42.1 Å². The number of esters is 2. The van der Waals surface area contributed by atoms with Crippen molar-refractivity contribution in [3.63, 3.8) is 0 Å². The van der Waals surface area contributed by atoms with E-state index in [1.807, 2.05) is 21.1 Å². The Bertz CT molecular complexity index is 1920. The van der Waals surface area contributed by atoms with Crippen LogP contribution >= 0.6 is 7.82 Å². The summed E-state index contributed by atoms with van der Waals surface area (Å²) in [5.74, 6) is -0.825. The number of hydrogen-bond acceptors (Lipinski definition) is 8.